The van der Waals surface area contributed by atoms with Crippen LogP contribution in [0.15, 0.2) is 36.4 Å². The molecule has 1 atom stereocenters. The van der Waals surface area contributed by atoms with Crippen molar-refractivity contribution in [2.24, 2.45) is 0 Å². The zero-order valence-electron chi connectivity index (χ0n) is 10.3. The molecule has 0 spiro atoms. The minimum Gasteiger partial charge on any atom is -0.508 e. The standard InChI is InChI=1S/C14H14N2O3/c17-12-3-1-10(2-4-12)15-8-7-11(9-15)16-13(18)5-6-14(16)19/h1-6,11,17H,7-9H2/t11-/m1/s1. The number of nitrogens with zero attached hydrogens (tertiary/aromatic N) is 2. The van der Waals surface area contributed by atoms with Crippen molar-refractivity contribution in [2.75, 3.05) is 18.0 Å². The smallest absolute Gasteiger partial charge is 0.253 e. The van der Waals surface area contributed by atoms with Crippen LogP contribution in [0, 0.1) is 0 Å². The predicted octanol–water partition coefficient (Wildman–Crippen LogP) is 0.896. The summed E-state index contributed by atoms with van der Waals surface area (Å²) in [6, 6.07) is 6.88. The maximum atomic E-state index is 11.6. The molecule has 2 aliphatic heterocycles. The van der Waals surface area contributed by atoms with E-state index in [9.17, 15) is 14.7 Å². The first kappa shape index (κ1) is 11.8. The molecule has 98 valence electrons. The van der Waals surface area contributed by atoms with E-state index in [2.05, 4.69) is 4.90 Å². The lowest BCUT2D eigenvalue weighted by molar-refractivity contribution is -0.138. The highest BCUT2D eigenvalue weighted by atomic mass is 16.3. The molecule has 1 aromatic carbocycles. The van der Waals surface area contributed by atoms with Gasteiger partial charge in [-0.3, -0.25) is 14.5 Å². The molecule has 0 saturated carbocycles. The zero-order valence-corrected chi connectivity index (χ0v) is 10.3. The van der Waals surface area contributed by atoms with E-state index in [1.165, 1.54) is 17.1 Å². The molecule has 5 nitrogen and oxygen atoms in total. The van der Waals surface area contributed by atoms with Crippen LogP contribution in [0.3, 0.4) is 0 Å². The fourth-order valence-corrected chi connectivity index (χ4v) is 2.62. The summed E-state index contributed by atoms with van der Waals surface area (Å²) in [5.41, 5.74) is 0.993. The van der Waals surface area contributed by atoms with Gasteiger partial charge in [0.2, 0.25) is 0 Å². The van der Waals surface area contributed by atoms with Crippen LogP contribution in [0.5, 0.6) is 5.75 Å². The summed E-state index contributed by atoms with van der Waals surface area (Å²) in [6.45, 7) is 1.44. The topological polar surface area (TPSA) is 60.9 Å². The quantitative estimate of drug-likeness (QED) is 0.800. The number of benzene rings is 1. The highest BCUT2D eigenvalue weighted by molar-refractivity contribution is 6.13. The van der Waals surface area contributed by atoms with Gasteiger partial charge in [-0.1, -0.05) is 0 Å². The summed E-state index contributed by atoms with van der Waals surface area (Å²) in [5, 5.41) is 9.27. The van der Waals surface area contributed by atoms with Gasteiger partial charge in [-0.25, -0.2) is 0 Å². The van der Waals surface area contributed by atoms with E-state index in [1.54, 1.807) is 12.1 Å². The lowest BCUT2D eigenvalue weighted by Crippen LogP contribution is -2.41. The number of rotatable bonds is 2. The van der Waals surface area contributed by atoms with Gasteiger partial charge in [0.1, 0.15) is 5.75 Å². The van der Waals surface area contributed by atoms with Gasteiger partial charge in [-0.2, -0.15) is 0 Å². The maximum Gasteiger partial charge on any atom is 0.253 e. The highest BCUT2D eigenvalue weighted by Gasteiger charge is 2.35. The minimum absolute atomic E-state index is 0.0659. The van der Waals surface area contributed by atoms with Crippen LogP contribution in [-0.4, -0.2) is 41.0 Å². The molecule has 2 amide bonds. The fourth-order valence-electron chi connectivity index (χ4n) is 2.62. The molecular weight excluding hydrogens is 244 g/mol. The molecule has 0 aromatic heterocycles. The molecule has 5 heteroatoms. The Bertz CT molecular complexity index is 532. The Labute approximate surface area is 110 Å². The number of anilines is 1. The van der Waals surface area contributed by atoms with Gasteiger partial charge >= 0.3 is 0 Å². The van der Waals surface area contributed by atoms with Crippen molar-refractivity contribution in [1.29, 1.82) is 0 Å². The Hall–Kier alpha value is -2.30. The molecule has 0 radical (unpaired) electrons. The van der Waals surface area contributed by atoms with Crippen molar-refractivity contribution in [3.05, 3.63) is 36.4 Å². The Morgan fingerprint density at radius 1 is 1.05 bits per heavy atom. The minimum atomic E-state index is -0.220. The third kappa shape index (κ3) is 2.07. The average molecular weight is 258 g/mol. The normalized spacial score (nSPS) is 22.6. The molecule has 0 unspecified atom stereocenters. The lowest BCUT2D eigenvalue weighted by Gasteiger charge is -2.23. The lowest BCUT2D eigenvalue weighted by atomic mass is 10.2. The summed E-state index contributed by atoms with van der Waals surface area (Å²) in [5.74, 6) is -0.210. The third-order valence-electron chi connectivity index (χ3n) is 3.59. The molecule has 2 heterocycles. The van der Waals surface area contributed by atoms with E-state index in [0.717, 1.165) is 18.7 Å². The van der Waals surface area contributed by atoms with Crippen molar-refractivity contribution >= 4 is 17.5 Å². The molecule has 3 rings (SSSR count). The number of carbonyl (C=O) groups is 2. The Morgan fingerprint density at radius 2 is 1.68 bits per heavy atom. The number of carbonyl (C=O) groups excluding carboxylic acids is 2. The first-order valence-corrected chi connectivity index (χ1v) is 6.24. The summed E-state index contributed by atoms with van der Waals surface area (Å²) < 4.78 is 0. The molecule has 2 aliphatic rings. The summed E-state index contributed by atoms with van der Waals surface area (Å²) in [6.07, 6.45) is 3.43. The van der Waals surface area contributed by atoms with Crippen molar-refractivity contribution in [3.63, 3.8) is 0 Å². The van der Waals surface area contributed by atoms with Gasteiger partial charge in [0, 0.05) is 30.9 Å². The van der Waals surface area contributed by atoms with Crippen molar-refractivity contribution < 1.29 is 14.7 Å². The largest absolute Gasteiger partial charge is 0.508 e. The van der Waals surface area contributed by atoms with Crippen LogP contribution in [0.2, 0.25) is 0 Å². The van der Waals surface area contributed by atoms with E-state index in [4.69, 9.17) is 0 Å². The number of amides is 2. The van der Waals surface area contributed by atoms with Crippen LogP contribution in [-0.2, 0) is 9.59 Å². The van der Waals surface area contributed by atoms with Gasteiger partial charge in [-0.05, 0) is 30.7 Å². The Kier molecular flexibility index (Phi) is 2.74. The second kappa shape index (κ2) is 4.42. The van der Waals surface area contributed by atoms with E-state index in [-0.39, 0.29) is 23.6 Å². The summed E-state index contributed by atoms with van der Waals surface area (Å²) in [7, 11) is 0. The number of phenols is 1. The molecule has 0 bridgehead atoms. The molecule has 0 aliphatic carbocycles. The number of imide groups is 1. The fraction of sp³-hybridized carbons (Fsp3) is 0.286. The number of aromatic hydroxyl groups is 1. The van der Waals surface area contributed by atoms with Crippen LogP contribution < -0.4 is 4.90 Å². The first-order valence-electron chi connectivity index (χ1n) is 6.24. The maximum absolute atomic E-state index is 11.6. The molecule has 1 fully saturated rings. The average Bonchev–Trinajstić information content (AvgIpc) is 2.98. The summed E-state index contributed by atoms with van der Waals surface area (Å²) in [4.78, 5) is 26.7. The van der Waals surface area contributed by atoms with Gasteiger partial charge in [0.25, 0.3) is 11.8 Å². The highest BCUT2D eigenvalue weighted by Crippen LogP contribution is 2.26. The molecule has 1 aromatic rings. The van der Waals surface area contributed by atoms with Crippen molar-refractivity contribution in [3.8, 4) is 5.75 Å². The van der Waals surface area contributed by atoms with E-state index in [0.29, 0.717) is 6.54 Å². The first-order chi connectivity index (χ1) is 9.15. The Morgan fingerprint density at radius 3 is 2.32 bits per heavy atom. The SMILES string of the molecule is O=C1C=CC(=O)N1[C@@H]1CCN(c2ccc(O)cc2)C1. The van der Waals surface area contributed by atoms with Gasteiger partial charge in [0.15, 0.2) is 0 Å². The van der Waals surface area contributed by atoms with Crippen molar-refractivity contribution in [2.45, 2.75) is 12.5 Å². The van der Waals surface area contributed by atoms with Crippen LogP contribution in [0.1, 0.15) is 6.42 Å². The van der Waals surface area contributed by atoms with E-state index >= 15 is 0 Å². The predicted molar refractivity (Wildman–Crippen MR) is 69.7 cm³/mol. The number of phenolic OH excluding ortho intramolecular Hbond substituents is 1. The van der Waals surface area contributed by atoms with Gasteiger partial charge < -0.3 is 10.0 Å². The van der Waals surface area contributed by atoms with Crippen LogP contribution >= 0.6 is 0 Å². The van der Waals surface area contributed by atoms with Crippen LogP contribution in [0.4, 0.5) is 5.69 Å². The second-order valence-electron chi connectivity index (χ2n) is 4.78. The van der Waals surface area contributed by atoms with E-state index in [1.807, 2.05) is 12.1 Å². The Balaban J connectivity index is 1.72. The van der Waals surface area contributed by atoms with E-state index < -0.39 is 0 Å². The number of hydrogen-bond donors (Lipinski definition) is 1. The second-order valence-corrected chi connectivity index (χ2v) is 4.78. The zero-order chi connectivity index (χ0) is 13.4. The monoisotopic (exact) mass is 258 g/mol. The third-order valence-corrected chi connectivity index (χ3v) is 3.59. The molecule has 19 heavy (non-hydrogen) atoms. The molecule has 1 saturated heterocycles. The van der Waals surface area contributed by atoms with Crippen molar-refractivity contribution in [1.82, 2.24) is 4.90 Å². The number of hydrogen-bond acceptors (Lipinski definition) is 4. The molecular formula is C14H14N2O3. The summed E-state index contributed by atoms with van der Waals surface area (Å²) >= 11 is 0. The van der Waals surface area contributed by atoms with Crippen LogP contribution in [0.25, 0.3) is 0 Å². The van der Waals surface area contributed by atoms with Gasteiger partial charge in [0.05, 0.1) is 6.04 Å². The van der Waals surface area contributed by atoms with Gasteiger partial charge in [-0.15, -0.1) is 0 Å². The molecule has 1 N–H and O–H groups in total.